The fourth-order valence-corrected chi connectivity index (χ4v) is 4.89. The highest BCUT2D eigenvalue weighted by molar-refractivity contribution is 7.89. The van der Waals surface area contributed by atoms with Crippen LogP contribution in [0.3, 0.4) is 0 Å². The highest BCUT2D eigenvalue weighted by Crippen LogP contribution is 2.22. The first kappa shape index (κ1) is 16.7. The average Bonchev–Trinajstić information content (AvgIpc) is 2.48. The number of rotatable bonds is 5. The molecule has 1 amide bonds. The minimum Gasteiger partial charge on any atom is -0.352 e. The van der Waals surface area contributed by atoms with Gasteiger partial charge in [-0.25, -0.2) is 8.42 Å². The first-order valence-corrected chi connectivity index (χ1v) is 9.66. The first-order chi connectivity index (χ1) is 10.0. The molecule has 6 nitrogen and oxygen atoms in total. The van der Waals surface area contributed by atoms with Gasteiger partial charge in [-0.1, -0.05) is 13.3 Å². The third-order valence-electron chi connectivity index (χ3n) is 4.26. The van der Waals surface area contributed by atoms with Gasteiger partial charge in [-0.15, -0.1) is 0 Å². The zero-order valence-electron chi connectivity index (χ0n) is 12.8. The van der Waals surface area contributed by atoms with Crippen LogP contribution in [0.2, 0.25) is 0 Å². The van der Waals surface area contributed by atoms with Gasteiger partial charge in [0.2, 0.25) is 15.9 Å². The molecular weight excluding hydrogens is 290 g/mol. The summed E-state index contributed by atoms with van der Waals surface area (Å²) in [5.41, 5.74) is 0. The van der Waals surface area contributed by atoms with Crippen molar-refractivity contribution in [1.29, 1.82) is 0 Å². The van der Waals surface area contributed by atoms with E-state index < -0.39 is 16.1 Å². The van der Waals surface area contributed by atoms with E-state index in [0.29, 0.717) is 19.4 Å². The Morgan fingerprint density at radius 3 is 2.62 bits per heavy atom. The van der Waals surface area contributed by atoms with E-state index in [4.69, 9.17) is 0 Å². The van der Waals surface area contributed by atoms with Crippen LogP contribution in [0.25, 0.3) is 0 Å². The third kappa shape index (κ3) is 4.40. The lowest BCUT2D eigenvalue weighted by Crippen LogP contribution is -2.55. The summed E-state index contributed by atoms with van der Waals surface area (Å²) in [5, 5.41) is 6.31. The van der Waals surface area contributed by atoms with Crippen LogP contribution in [0.15, 0.2) is 0 Å². The molecule has 0 aromatic rings. The number of nitrogens with one attached hydrogen (secondary N) is 2. The lowest BCUT2D eigenvalue weighted by Gasteiger charge is -2.35. The average molecular weight is 317 g/mol. The SMILES string of the molecule is CCCS(=O)(=O)N1CCCCC1C(=O)NC1CCNCC1. The molecule has 0 aromatic carbocycles. The number of piperidine rings is 2. The van der Waals surface area contributed by atoms with Gasteiger partial charge >= 0.3 is 0 Å². The molecule has 1 atom stereocenters. The van der Waals surface area contributed by atoms with Crippen molar-refractivity contribution in [1.82, 2.24) is 14.9 Å². The van der Waals surface area contributed by atoms with Gasteiger partial charge in [0.05, 0.1) is 5.75 Å². The van der Waals surface area contributed by atoms with Crippen molar-refractivity contribution in [2.45, 2.75) is 57.5 Å². The maximum absolute atomic E-state index is 12.5. The van der Waals surface area contributed by atoms with Gasteiger partial charge in [0.15, 0.2) is 0 Å². The van der Waals surface area contributed by atoms with Gasteiger partial charge in [0.25, 0.3) is 0 Å². The fraction of sp³-hybridized carbons (Fsp3) is 0.929. The second-order valence-electron chi connectivity index (χ2n) is 5.97. The smallest absolute Gasteiger partial charge is 0.238 e. The number of nitrogens with zero attached hydrogens (tertiary/aromatic N) is 1. The molecule has 0 bridgehead atoms. The van der Waals surface area contributed by atoms with E-state index in [1.165, 1.54) is 4.31 Å². The molecule has 2 aliphatic heterocycles. The largest absolute Gasteiger partial charge is 0.352 e. The van der Waals surface area contributed by atoms with E-state index in [1.54, 1.807) is 0 Å². The normalized spacial score (nSPS) is 25.7. The van der Waals surface area contributed by atoms with Crippen LogP contribution >= 0.6 is 0 Å². The van der Waals surface area contributed by atoms with Crippen LogP contribution in [0.1, 0.15) is 45.4 Å². The Morgan fingerprint density at radius 2 is 1.95 bits per heavy atom. The van der Waals surface area contributed by atoms with Crippen LogP contribution in [0, 0.1) is 0 Å². The number of carbonyl (C=O) groups excluding carboxylic acids is 1. The van der Waals surface area contributed by atoms with Gasteiger partial charge < -0.3 is 10.6 Å². The fourth-order valence-electron chi connectivity index (χ4n) is 3.14. The summed E-state index contributed by atoms with van der Waals surface area (Å²) in [4.78, 5) is 12.5. The van der Waals surface area contributed by atoms with Crippen LogP contribution in [0.5, 0.6) is 0 Å². The summed E-state index contributed by atoms with van der Waals surface area (Å²) in [6.45, 7) is 4.15. The third-order valence-corrected chi connectivity index (χ3v) is 6.34. The predicted molar refractivity (Wildman–Crippen MR) is 82.5 cm³/mol. The van der Waals surface area contributed by atoms with Crippen molar-refractivity contribution in [3.63, 3.8) is 0 Å². The molecule has 0 radical (unpaired) electrons. The maximum Gasteiger partial charge on any atom is 0.238 e. The second kappa shape index (κ2) is 7.56. The lowest BCUT2D eigenvalue weighted by molar-refractivity contribution is -0.126. The molecule has 0 spiro atoms. The Balaban J connectivity index is 2.01. The molecule has 2 fully saturated rings. The Hall–Kier alpha value is -0.660. The van der Waals surface area contributed by atoms with Crippen molar-refractivity contribution >= 4 is 15.9 Å². The van der Waals surface area contributed by atoms with Crippen molar-refractivity contribution in [3.05, 3.63) is 0 Å². The summed E-state index contributed by atoms with van der Waals surface area (Å²) in [7, 11) is -3.31. The number of hydrogen-bond acceptors (Lipinski definition) is 4. The summed E-state index contributed by atoms with van der Waals surface area (Å²) in [6, 6.07) is -0.332. The Morgan fingerprint density at radius 1 is 1.24 bits per heavy atom. The number of sulfonamides is 1. The molecule has 2 rings (SSSR count). The lowest BCUT2D eigenvalue weighted by atomic mass is 10.0. The van der Waals surface area contributed by atoms with E-state index in [1.807, 2.05) is 6.92 Å². The summed E-state index contributed by atoms with van der Waals surface area (Å²) in [5.74, 6) is 0.0192. The van der Waals surface area contributed by atoms with E-state index in [0.717, 1.165) is 38.8 Å². The quantitative estimate of drug-likeness (QED) is 0.772. The van der Waals surface area contributed by atoms with Crippen LogP contribution in [-0.4, -0.2) is 56.1 Å². The van der Waals surface area contributed by atoms with Crippen LogP contribution < -0.4 is 10.6 Å². The summed E-state index contributed by atoms with van der Waals surface area (Å²) in [6.07, 6.45) is 4.82. The standard InChI is InChI=1S/C14H27N3O3S/c1-2-11-21(19,20)17-10-4-3-5-13(17)14(18)16-12-6-8-15-9-7-12/h12-13,15H,2-11H2,1H3,(H,16,18). The Bertz CT molecular complexity index is 446. The minimum absolute atomic E-state index is 0.110. The predicted octanol–water partition coefficient (Wildman–Crippen LogP) is 0.449. The number of hydrogen-bond donors (Lipinski definition) is 2. The van der Waals surface area contributed by atoms with Crippen molar-refractivity contribution in [3.8, 4) is 0 Å². The van der Waals surface area contributed by atoms with Gasteiger partial charge in [-0.2, -0.15) is 4.31 Å². The van der Waals surface area contributed by atoms with Crippen molar-refractivity contribution < 1.29 is 13.2 Å². The zero-order chi connectivity index (χ0) is 15.3. The molecule has 2 N–H and O–H groups in total. The molecule has 7 heteroatoms. The molecule has 0 aromatic heterocycles. The van der Waals surface area contributed by atoms with E-state index in [9.17, 15) is 13.2 Å². The monoisotopic (exact) mass is 317 g/mol. The second-order valence-corrected chi connectivity index (χ2v) is 8.01. The molecule has 0 saturated carbocycles. The molecule has 1 unspecified atom stereocenters. The van der Waals surface area contributed by atoms with Gasteiger partial charge in [-0.05, 0) is 45.2 Å². The number of carbonyl (C=O) groups is 1. The molecular formula is C14H27N3O3S. The minimum atomic E-state index is -3.31. The van der Waals surface area contributed by atoms with E-state index in [-0.39, 0.29) is 17.7 Å². The summed E-state index contributed by atoms with van der Waals surface area (Å²) >= 11 is 0. The summed E-state index contributed by atoms with van der Waals surface area (Å²) < 4.78 is 26.1. The van der Waals surface area contributed by atoms with Gasteiger partial charge in [0.1, 0.15) is 6.04 Å². The van der Waals surface area contributed by atoms with Crippen molar-refractivity contribution in [2.75, 3.05) is 25.4 Å². The van der Waals surface area contributed by atoms with E-state index in [2.05, 4.69) is 10.6 Å². The highest BCUT2D eigenvalue weighted by Gasteiger charge is 2.36. The van der Waals surface area contributed by atoms with Crippen molar-refractivity contribution in [2.24, 2.45) is 0 Å². The Kier molecular flexibility index (Phi) is 6.01. The molecule has 21 heavy (non-hydrogen) atoms. The maximum atomic E-state index is 12.5. The topological polar surface area (TPSA) is 78.5 Å². The van der Waals surface area contributed by atoms with E-state index >= 15 is 0 Å². The highest BCUT2D eigenvalue weighted by atomic mass is 32.2. The van der Waals surface area contributed by atoms with Gasteiger partial charge in [-0.3, -0.25) is 4.79 Å². The number of amides is 1. The van der Waals surface area contributed by atoms with Crippen LogP contribution in [0.4, 0.5) is 0 Å². The molecule has 2 heterocycles. The molecule has 0 aliphatic carbocycles. The zero-order valence-corrected chi connectivity index (χ0v) is 13.6. The molecule has 122 valence electrons. The molecule has 2 aliphatic rings. The first-order valence-electron chi connectivity index (χ1n) is 8.05. The molecule has 2 saturated heterocycles. The van der Waals surface area contributed by atoms with Crippen LogP contribution in [-0.2, 0) is 14.8 Å². The Labute approximate surface area is 127 Å². The van der Waals surface area contributed by atoms with Gasteiger partial charge in [0, 0.05) is 12.6 Å².